The second-order valence-corrected chi connectivity index (χ2v) is 7.71. The number of fused-ring (bicyclic) bond motifs is 1. The number of hydrogen-bond acceptors (Lipinski definition) is 3. The number of nitrogens with zero attached hydrogens (tertiary/aromatic N) is 2. The number of aromatic nitrogens is 2. The van der Waals surface area contributed by atoms with Gasteiger partial charge in [0.2, 0.25) is 5.91 Å². The third kappa shape index (κ3) is 4.59. The molecule has 4 rings (SSSR count). The highest BCUT2D eigenvalue weighted by atomic mass is 16.2. The Balaban J connectivity index is 1.43. The molecule has 1 aromatic heterocycles. The number of carbonyl (C=O) groups excluding carboxylic acids is 2. The molecule has 2 N–H and O–H groups in total. The van der Waals surface area contributed by atoms with E-state index in [0.29, 0.717) is 12.1 Å². The van der Waals surface area contributed by atoms with Crippen LogP contribution in [0, 0.1) is 0 Å². The van der Waals surface area contributed by atoms with Gasteiger partial charge in [-0.2, -0.15) is 5.10 Å². The molecule has 6 nitrogen and oxygen atoms in total. The fourth-order valence-corrected chi connectivity index (χ4v) is 3.90. The van der Waals surface area contributed by atoms with Crippen molar-refractivity contribution >= 4 is 11.8 Å². The summed E-state index contributed by atoms with van der Waals surface area (Å²) < 4.78 is 2.06. The van der Waals surface area contributed by atoms with E-state index >= 15 is 0 Å². The van der Waals surface area contributed by atoms with Gasteiger partial charge in [-0.3, -0.25) is 14.3 Å². The molecule has 0 saturated heterocycles. The summed E-state index contributed by atoms with van der Waals surface area (Å²) >= 11 is 0. The van der Waals surface area contributed by atoms with E-state index < -0.39 is 0 Å². The Morgan fingerprint density at radius 3 is 2.57 bits per heavy atom. The van der Waals surface area contributed by atoms with Crippen molar-refractivity contribution in [1.82, 2.24) is 20.4 Å². The van der Waals surface area contributed by atoms with Gasteiger partial charge in [-0.15, -0.1) is 0 Å². The summed E-state index contributed by atoms with van der Waals surface area (Å²) in [6, 6.07) is 17.6. The van der Waals surface area contributed by atoms with Crippen molar-refractivity contribution in [2.75, 3.05) is 0 Å². The Kier molecular flexibility index (Phi) is 5.93. The summed E-state index contributed by atoms with van der Waals surface area (Å²) in [5.41, 5.74) is 5.12. The fraction of sp³-hybridized carbons (Fsp3) is 0.292. The first kappa shape index (κ1) is 19.9. The lowest BCUT2D eigenvalue weighted by Crippen LogP contribution is -2.31. The molecule has 0 spiro atoms. The van der Waals surface area contributed by atoms with Crippen LogP contribution in [-0.2, 0) is 24.3 Å². The molecule has 1 heterocycles. The highest BCUT2D eigenvalue weighted by Gasteiger charge is 2.26. The van der Waals surface area contributed by atoms with E-state index in [1.165, 1.54) is 18.2 Å². The maximum absolute atomic E-state index is 12.8. The maximum atomic E-state index is 12.8. The molecule has 0 aliphatic heterocycles. The quantitative estimate of drug-likeness (QED) is 0.664. The Morgan fingerprint density at radius 2 is 1.83 bits per heavy atom. The predicted octanol–water partition coefficient (Wildman–Crippen LogP) is 3.37. The summed E-state index contributed by atoms with van der Waals surface area (Å²) in [6.07, 6.45) is 4.82. The Hall–Kier alpha value is -3.41. The number of amides is 2. The lowest BCUT2D eigenvalue weighted by Gasteiger charge is -2.24. The largest absolute Gasteiger partial charge is 0.352 e. The Morgan fingerprint density at radius 1 is 1.07 bits per heavy atom. The molecule has 2 amide bonds. The van der Waals surface area contributed by atoms with Crippen molar-refractivity contribution in [1.29, 1.82) is 0 Å². The van der Waals surface area contributed by atoms with Crippen LogP contribution in [0.4, 0.5) is 0 Å². The standard InChI is InChI=1S/C24H26N4O2/c1-17(29)25-14-18-10-12-20(13-11-18)24(30)27-22-8-5-9-23-21(22)15-26-28(23)16-19-6-3-2-4-7-19/h2-4,6-7,10-13,15,22H,5,8-9,14,16H2,1H3,(H,25,29)(H,27,30). The lowest BCUT2D eigenvalue weighted by molar-refractivity contribution is -0.119. The first-order valence-corrected chi connectivity index (χ1v) is 10.3. The number of carbonyl (C=O) groups is 2. The van der Waals surface area contributed by atoms with Crippen molar-refractivity contribution < 1.29 is 9.59 Å². The highest BCUT2D eigenvalue weighted by molar-refractivity contribution is 5.94. The molecule has 1 unspecified atom stereocenters. The van der Waals surface area contributed by atoms with Crippen molar-refractivity contribution in [2.45, 2.75) is 45.3 Å². The molecule has 0 radical (unpaired) electrons. The zero-order chi connectivity index (χ0) is 20.9. The third-order valence-corrected chi connectivity index (χ3v) is 5.50. The molecular weight excluding hydrogens is 376 g/mol. The number of hydrogen-bond donors (Lipinski definition) is 2. The molecular formula is C24H26N4O2. The monoisotopic (exact) mass is 402 g/mol. The van der Waals surface area contributed by atoms with Gasteiger partial charge in [-0.25, -0.2) is 0 Å². The Labute approximate surface area is 176 Å². The summed E-state index contributed by atoms with van der Waals surface area (Å²) in [6.45, 7) is 2.69. The van der Waals surface area contributed by atoms with Crippen molar-refractivity contribution in [3.8, 4) is 0 Å². The van der Waals surface area contributed by atoms with Crippen molar-refractivity contribution in [3.05, 3.63) is 88.7 Å². The van der Waals surface area contributed by atoms with Crippen LogP contribution in [0.2, 0.25) is 0 Å². The summed E-state index contributed by atoms with van der Waals surface area (Å²) in [5, 5.41) is 10.5. The first-order chi connectivity index (χ1) is 14.6. The molecule has 2 aromatic carbocycles. The predicted molar refractivity (Wildman–Crippen MR) is 115 cm³/mol. The molecule has 154 valence electrons. The zero-order valence-corrected chi connectivity index (χ0v) is 17.1. The summed E-state index contributed by atoms with van der Waals surface area (Å²) in [5.74, 6) is -0.160. The minimum absolute atomic E-state index is 0.0233. The molecule has 6 heteroatoms. The second-order valence-electron chi connectivity index (χ2n) is 7.71. The first-order valence-electron chi connectivity index (χ1n) is 10.3. The van der Waals surface area contributed by atoms with Gasteiger partial charge < -0.3 is 10.6 Å². The maximum Gasteiger partial charge on any atom is 0.251 e. The second kappa shape index (κ2) is 8.95. The van der Waals surface area contributed by atoms with Gasteiger partial charge in [0.15, 0.2) is 0 Å². The van der Waals surface area contributed by atoms with Gasteiger partial charge in [0.25, 0.3) is 5.91 Å². The molecule has 0 bridgehead atoms. The van der Waals surface area contributed by atoms with Crippen LogP contribution >= 0.6 is 0 Å². The average molecular weight is 402 g/mol. The molecule has 1 aliphatic rings. The van der Waals surface area contributed by atoms with Gasteiger partial charge >= 0.3 is 0 Å². The number of benzene rings is 2. The van der Waals surface area contributed by atoms with E-state index in [1.807, 2.05) is 36.5 Å². The zero-order valence-electron chi connectivity index (χ0n) is 17.1. The lowest BCUT2D eigenvalue weighted by atomic mass is 9.92. The van der Waals surface area contributed by atoms with Crippen molar-refractivity contribution in [3.63, 3.8) is 0 Å². The van der Waals surface area contributed by atoms with E-state index in [-0.39, 0.29) is 17.9 Å². The Bertz CT molecular complexity index is 1030. The van der Waals surface area contributed by atoms with Crippen molar-refractivity contribution in [2.24, 2.45) is 0 Å². The highest BCUT2D eigenvalue weighted by Crippen LogP contribution is 2.30. The third-order valence-electron chi connectivity index (χ3n) is 5.50. The van der Waals surface area contributed by atoms with Crippen LogP contribution < -0.4 is 10.6 Å². The normalized spacial score (nSPS) is 15.3. The molecule has 3 aromatic rings. The molecule has 0 fully saturated rings. The topological polar surface area (TPSA) is 76.0 Å². The van der Waals surface area contributed by atoms with E-state index in [9.17, 15) is 9.59 Å². The van der Waals surface area contributed by atoms with Crippen LogP contribution in [0.15, 0.2) is 60.8 Å². The van der Waals surface area contributed by atoms with E-state index in [1.54, 1.807) is 12.1 Å². The van der Waals surface area contributed by atoms with E-state index in [0.717, 1.165) is 36.9 Å². The van der Waals surface area contributed by atoms with Gasteiger partial charge in [-0.1, -0.05) is 42.5 Å². The SMILES string of the molecule is CC(=O)NCc1ccc(C(=O)NC2CCCc3c2cnn3Cc2ccccc2)cc1. The summed E-state index contributed by atoms with van der Waals surface area (Å²) in [7, 11) is 0. The summed E-state index contributed by atoms with van der Waals surface area (Å²) in [4.78, 5) is 23.8. The van der Waals surface area contributed by atoms with Gasteiger partial charge in [0.1, 0.15) is 0 Å². The number of nitrogens with one attached hydrogen (secondary N) is 2. The van der Waals surface area contributed by atoms with E-state index in [2.05, 4.69) is 32.5 Å². The van der Waals surface area contributed by atoms with Crippen LogP contribution in [0.25, 0.3) is 0 Å². The molecule has 30 heavy (non-hydrogen) atoms. The van der Waals surface area contributed by atoms with Crippen LogP contribution in [-0.4, -0.2) is 21.6 Å². The van der Waals surface area contributed by atoms with Crippen LogP contribution in [0.5, 0.6) is 0 Å². The van der Waals surface area contributed by atoms with E-state index in [4.69, 9.17) is 0 Å². The minimum atomic E-state index is -0.0882. The minimum Gasteiger partial charge on any atom is -0.352 e. The number of rotatable bonds is 6. The smallest absolute Gasteiger partial charge is 0.251 e. The average Bonchev–Trinajstić information content (AvgIpc) is 3.17. The molecule has 1 atom stereocenters. The van der Waals surface area contributed by atoms with Crippen LogP contribution in [0.3, 0.4) is 0 Å². The fourth-order valence-electron chi connectivity index (χ4n) is 3.90. The van der Waals surface area contributed by atoms with Gasteiger partial charge in [0.05, 0.1) is 18.8 Å². The van der Waals surface area contributed by atoms with Gasteiger partial charge in [0, 0.05) is 30.3 Å². The van der Waals surface area contributed by atoms with Gasteiger partial charge in [-0.05, 0) is 42.5 Å². The van der Waals surface area contributed by atoms with Crippen LogP contribution in [0.1, 0.15) is 58.5 Å². The molecule has 0 saturated carbocycles. The molecule has 1 aliphatic carbocycles.